The molecule has 0 aliphatic heterocycles. The van der Waals surface area contributed by atoms with Gasteiger partial charge in [-0.1, -0.05) is 0 Å². The van der Waals surface area contributed by atoms with Crippen LogP contribution in [0.1, 0.15) is 25.5 Å². The average molecular weight is 301 g/mol. The second-order valence-corrected chi connectivity index (χ2v) is 6.79. The van der Waals surface area contributed by atoms with Crippen molar-refractivity contribution in [1.29, 1.82) is 0 Å². The Morgan fingerprint density at radius 2 is 2.20 bits per heavy atom. The van der Waals surface area contributed by atoms with Crippen LogP contribution in [0, 0.1) is 0 Å². The molecule has 2 N–H and O–H groups in total. The standard InChI is InChI=1S/C13H23N3O3S/c1-3-19-7-6-15-20(17,18)13-8-12(16(2)10-13)9-14-11-4-5-11/h8,10-11,14-15H,3-7,9H2,1-2H3. The van der Waals surface area contributed by atoms with E-state index in [0.717, 1.165) is 5.69 Å². The lowest BCUT2D eigenvalue weighted by Crippen LogP contribution is -2.27. The first-order chi connectivity index (χ1) is 9.53. The minimum Gasteiger partial charge on any atom is -0.380 e. The molecule has 2 rings (SSSR count). The molecule has 7 heteroatoms. The van der Waals surface area contributed by atoms with Crippen LogP contribution in [0.2, 0.25) is 0 Å². The smallest absolute Gasteiger partial charge is 0.242 e. The van der Waals surface area contributed by atoms with Crippen LogP contribution in [-0.2, 0) is 28.4 Å². The molecule has 0 spiro atoms. The predicted molar refractivity (Wildman–Crippen MR) is 77.0 cm³/mol. The normalized spacial score (nSPS) is 15.7. The van der Waals surface area contributed by atoms with E-state index in [2.05, 4.69) is 10.0 Å². The molecule has 0 unspecified atom stereocenters. The first kappa shape index (κ1) is 15.5. The highest BCUT2D eigenvalue weighted by atomic mass is 32.2. The van der Waals surface area contributed by atoms with Crippen molar-refractivity contribution in [3.8, 4) is 0 Å². The minimum absolute atomic E-state index is 0.292. The molecular weight excluding hydrogens is 278 g/mol. The Morgan fingerprint density at radius 1 is 1.45 bits per heavy atom. The molecule has 1 aliphatic carbocycles. The van der Waals surface area contributed by atoms with Crippen LogP contribution < -0.4 is 10.0 Å². The van der Waals surface area contributed by atoms with E-state index >= 15 is 0 Å². The van der Waals surface area contributed by atoms with Gasteiger partial charge in [-0.3, -0.25) is 0 Å². The van der Waals surface area contributed by atoms with Crippen molar-refractivity contribution in [1.82, 2.24) is 14.6 Å². The molecule has 1 aromatic heterocycles. The lowest BCUT2D eigenvalue weighted by molar-refractivity contribution is 0.153. The van der Waals surface area contributed by atoms with Gasteiger partial charge in [-0.2, -0.15) is 0 Å². The second-order valence-electron chi connectivity index (χ2n) is 5.03. The molecule has 1 aliphatic rings. The number of nitrogens with zero attached hydrogens (tertiary/aromatic N) is 1. The summed E-state index contributed by atoms with van der Waals surface area (Å²) in [6.45, 7) is 3.85. The van der Waals surface area contributed by atoms with E-state index in [9.17, 15) is 8.42 Å². The minimum atomic E-state index is -3.44. The van der Waals surface area contributed by atoms with Crippen LogP contribution in [0.25, 0.3) is 0 Å². The van der Waals surface area contributed by atoms with E-state index in [1.54, 1.807) is 12.3 Å². The van der Waals surface area contributed by atoms with Crippen LogP contribution in [0.5, 0.6) is 0 Å². The lowest BCUT2D eigenvalue weighted by atomic mass is 10.4. The van der Waals surface area contributed by atoms with Gasteiger partial charge in [0, 0.05) is 44.7 Å². The van der Waals surface area contributed by atoms with Crippen molar-refractivity contribution < 1.29 is 13.2 Å². The number of aryl methyl sites for hydroxylation is 1. The van der Waals surface area contributed by atoms with Gasteiger partial charge in [-0.15, -0.1) is 0 Å². The summed E-state index contributed by atoms with van der Waals surface area (Å²) in [6, 6.07) is 2.33. The van der Waals surface area contributed by atoms with Gasteiger partial charge >= 0.3 is 0 Å². The monoisotopic (exact) mass is 301 g/mol. The maximum absolute atomic E-state index is 12.1. The maximum Gasteiger partial charge on any atom is 0.242 e. The number of sulfonamides is 1. The summed E-state index contributed by atoms with van der Waals surface area (Å²) in [5.74, 6) is 0. The highest BCUT2D eigenvalue weighted by Crippen LogP contribution is 2.20. The summed E-state index contributed by atoms with van der Waals surface area (Å²) < 4.78 is 33.7. The molecule has 1 heterocycles. The summed E-state index contributed by atoms with van der Waals surface area (Å²) in [4.78, 5) is 0.309. The zero-order chi connectivity index (χ0) is 14.6. The predicted octanol–water partition coefficient (Wildman–Crippen LogP) is 0.592. The summed E-state index contributed by atoms with van der Waals surface area (Å²) in [6.07, 6.45) is 4.08. The van der Waals surface area contributed by atoms with Crippen LogP contribution in [0.4, 0.5) is 0 Å². The van der Waals surface area contributed by atoms with Gasteiger partial charge in [-0.05, 0) is 25.8 Å². The summed E-state index contributed by atoms with van der Waals surface area (Å²) in [5, 5.41) is 3.38. The van der Waals surface area contributed by atoms with Gasteiger partial charge in [0.05, 0.1) is 11.5 Å². The molecular formula is C13H23N3O3S. The van der Waals surface area contributed by atoms with Gasteiger partial charge in [0.25, 0.3) is 0 Å². The molecule has 1 saturated carbocycles. The van der Waals surface area contributed by atoms with E-state index in [0.29, 0.717) is 37.2 Å². The Morgan fingerprint density at radius 3 is 2.85 bits per heavy atom. The maximum atomic E-state index is 12.1. The van der Waals surface area contributed by atoms with Crippen LogP contribution >= 0.6 is 0 Å². The Kier molecular flexibility index (Phi) is 5.20. The van der Waals surface area contributed by atoms with Crippen LogP contribution in [-0.4, -0.2) is 38.8 Å². The van der Waals surface area contributed by atoms with Crippen molar-refractivity contribution in [2.75, 3.05) is 19.8 Å². The lowest BCUT2D eigenvalue weighted by Gasteiger charge is -2.04. The largest absolute Gasteiger partial charge is 0.380 e. The van der Waals surface area contributed by atoms with Gasteiger partial charge < -0.3 is 14.6 Å². The first-order valence-corrected chi connectivity index (χ1v) is 8.47. The number of rotatable bonds is 9. The number of hydrogen-bond acceptors (Lipinski definition) is 4. The Hall–Kier alpha value is -0.890. The average Bonchev–Trinajstić information content (AvgIpc) is 3.15. The van der Waals surface area contributed by atoms with Gasteiger partial charge in [-0.25, -0.2) is 13.1 Å². The molecule has 20 heavy (non-hydrogen) atoms. The van der Waals surface area contributed by atoms with Crippen molar-refractivity contribution in [2.24, 2.45) is 7.05 Å². The Balaban J connectivity index is 1.94. The Labute approximate surface area is 120 Å². The quantitative estimate of drug-likeness (QED) is 0.655. The van der Waals surface area contributed by atoms with Gasteiger partial charge in [0.2, 0.25) is 10.0 Å². The molecule has 1 fully saturated rings. The number of ether oxygens (including phenoxy) is 1. The highest BCUT2D eigenvalue weighted by Gasteiger charge is 2.22. The van der Waals surface area contributed by atoms with E-state index in [4.69, 9.17) is 4.74 Å². The summed E-state index contributed by atoms with van der Waals surface area (Å²) >= 11 is 0. The SMILES string of the molecule is CCOCCNS(=O)(=O)c1cc(CNC2CC2)n(C)c1. The molecule has 1 aromatic rings. The third-order valence-corrected chi connectivity index (χ3v) is 4.71. The molecule has 114 valence electrons. The van der Waals surface area contributed by atoms with Crippen LogP contribution in [0.15, 0.2) is 17.2 Å². The fourth-order valence-electron chi connectivity index (χ4n) is 1.91. The molecule has 0 amide bonds. The van der Waals surface area contributed by atoms with Crippen molar-refractivity contribution in [2.45, 2.75) is 37.2 Å². The van der Waals surface area contributed by atoms with E-state index in [1.807, 2.05) is 18.5 Å². The fraction of sp³-hybridized carbons (Fsp3) is 0.692. The molecule has 0 radical (unpaired) electrons. The third kappa shape index (κ3) is 4.31. The van der Waals surface area contributed by atoms with Gasteiger partial charge in [0.1, 0.15) is 0 Å². The third-order valence-electron chi connectivity index (χ3n) is 3.28. The molecule has 0 aromatic carbocycles. The number of hydrogen-bond donors (Lipinski definition) is 2. The van der Waals surface area contributed by atoms with Crippen LogP contribution in [0.3, 0.4) is 0 Å². The topological polar surface area (TPSA) is 72.4 Å². The van der Waals surface area contributed by atoms with E-state index in [1.165, 1.54) is 12.8 Å². The zero-order valence-corrected chi connectivity index (χ0v) is 12.9. The highest BCUT2D eigenvalue weighted by molar-refractivity contribution is 7.89. The zero-order valence-electron chi connectivity index (χ0n) is 12.1. The van der Waals surface area contributed by atoms with Crippen molar-refractivity contribution in [3.63, 3.8) is 0 Å². The van der Waals surface area contributed by atoms with E-state index in [-0.39, 0.29) is 0 Å². The van der Waals surface area contributed by atoms with Crippen molar-refractivity contribution >= 4 is 10.0 Å². The second kappa shape index (κ2) is 6.71. The Bertz CT molecular complexity index is 535. The first-order valence-electron chi connectivity index (χ1n) is 6.99. The van der Waals surface area contributed by atoms with E-state index < -0.39 is 10.0 Å². The summed E-state index contributed by atoms with van der Waals surface area (Å²) in [7, 11) is -1.58. The number of aromatic nitrogens is 1. The van der Waals surface area contributed by atoms with Gasteiger partial charge in [0.15, 0.2) is 0 Å². The summed E-state index contributed by atoms with van der Waals surface area (Å²) in [5.41, 5.74) is 0.974. The van der Waals surface area contributed by atoms with Crippen molar-refractivity contribution in [3.05, 3.63) is 18.0 Å². The molecule has 0 saturated heterocycles. The molecule has 0 atom stereocenters. The molecule has 0 bridgehead atoms. The fourth-order valence-corrected chi connectivity index (χ4v) is 3.02. The molecule has 6 nitrogen and oxygen atoms in total. The number of nitrogens with one attached hydrogen (secondary N) is 2.